The first-order valence-corrected chi connectivity index (χ1v) is 6.15. The molecule has 0 aliphatic heterocycles. The summed E-state index contributed by atoms with van der Waals surface area (Å²) in [4.78, 5) is 0. The summed E-state index contributed by atoms with van der Waals surface area (Å²) < 4.78 is 83.3. The molecule has 0 spiro atoms. The lowest BCUT2D eigenvalue weighted by atomic mass is 9.87. The number of benzene rings is 1. The van der Waals surface area contributed by atoms with Gasteiger partial charge in [0.1, 0.15) is 11.9 Å². The third-order valence-electron chi connectivity index (χ3n) is 3.34. The Hall–Kier alpha value is -1.40. The molecule has 1 aliphatic carbocycles. The highest BCUT2D eigenvalue weighted by Gasteiger charge is 2.44. The van der Waals surface area contributed by atoms with E-state index in [1.807, 2.05) is 0 Å². The molecule has 0 atom stereocenters. The quantitative estimate of drug-likeness (QED) is 0.585. The number of halogens is 6. The normalized spacial score (nSPS) is 23.7. The van der Waals surface area contributed by atoms with E-state index >= 15 is 0 Å². The molecule has 1 aromatic carbocycles. The van der Waals surface area contributed by atoms with Gasteiger partial charge in [-0.2, -0.15) is 8.78 Å². The van der Waals surface area contributed by atoms with Gasteiger partial charge in [-0.15, -0.1) is 0 Å². The van der Waals surface area contributed by atoms with Crippen molar-refractivity contribution >= 4 is 0 Å². The van der Waals surface area contributed by atoms with Crippen molar-refractivity contribution in [1.29, 1.82) is 0 Å². The number of ether oxygens (including phenoxy) is 1. The predicted molar refractivity (Wildman–Crippen MR) is 58.7 cm³/mol. The van der Waals surface area contributed by atoms with Gasteiger partial charge in [-0.05, 0) is 25.7 Å². The Morgan fingerprint density at radius 2 is 1.45 bits per heavy atom. The molecule has 112 valence electrons. The fourth-order valence-electron chi connectivity index (χ4n) is 2.22. The zero-order valence-electron chi connectivity index (χ0n) is 10.3. The van der Waals surface area contributed by atoms with Crippen molar-refractivity contribution in [3.63, 3.8) is 0 Å². The molecule has 0 radical (unpaired) electrons. The highest BCUT2D eigenvalue weighted by atomic mass is 19.3. The summed E-state index contributed by atoms with van der Waals surface area (Å²) in [6, 6.07) is 0.709. The molecule has 0 unspecified atom stereocenters. The largest absolute Gasteiger partial charge is 0.432 e. The van der Waals surface area contributed by atoms with E-state index in [1.165, 1.54) is 0 Å². The zero-order valence-corrected chi connectivity index (χ0v) is 10.3. The van der Waals surface area contributed by atoms with Crippen LogP contribution in [0.2, 0.25) is 0 Å². The van der Waals surface area contributed by atoms with E-state index in [-0.39, 0.29) is 25.7 Å². The Labute approximate surface area is 111 Å². The third kappa shape index (κ3) is 3.19. The second kappa shape index (κ2) is 5.54. The van der Waals surface area contributed by atoms with E-state index in [9.17, 15) is 26.3 Å². The molecule has 0 amide bonds. The molecule has 1 nitrogen and oxygen atoms in total. The van der Waals surface area contributed by atoms with Crippen molar-refractivity contribution < 1.29 is 31.1 Å². The maximum Gasteiger partial charge on any atom is 0.400 e. The summed E-state index contributed by atoms with van der Waals surface area (Å²) in [5.74, 6) is -7.00. The Morgan fingerprint density at radius 3 is 1.95 bits per heavy atom. The van der Waals surface area contributed by atoms with Crippen LogP contribution >= 0.6 is 0 Å². The van der Waals surface area contributed by atoms with Crippen LogP contribution in [0.5, 0.6) is 5.75 Å². The highest BCUT2D eigenvalue weighted by Crippen LogP contribution is 2.39. The Kier molecular flexibility index (Phi) is 4.15. The number of alkyl halides is 3. The molecule has 20 heavy (non-hydrogen) atoms. The first kappa shape index (κ1) is 15.0. The van der Waals surface area contributed by atoms with E-state index in [0.29, 0.717) is 12.1 Å². The molecule has 1 saturated carbocycles. The summed E-state index contributed by atoms with van der Waals surface area (Å²) in [5, 5.41) is 0. The van der Waals surface area contributed by atoms with Gasteiger partial charge in [-0.25, -0.2) is 17.6 Å². The summed E-state index contributed by atoms with van der Waals surface area (Å²) in [6.07, 6.45) is -4.97. The Bertz CT molecular complexity index is 459. The van der Waals surface area contributed by atoms with Crippen LogP contribution in [0.3, 0.4) is 0 Å². The molecule has 0 bridgehead atoms. The summed E-state index contributed by atoms with van der Waals surface area (Å²) >= 11 is 0. The molecule has 0 heterocycles. The standard InChI is InChI=1S/C13H12F6O/c14-8-3-1-7(2-4-8)13(18,19)20-9-5-10(15)12(17)11(16)6-9/h5-8H,1-4H2. The lowest BCUT2D eigenvalue weighted by molar-refractivity contribution is -0.223. The first-order chi connectivity index (χ1) is 9.29. The Morgan fingerprint density at radius 1 is 0.950 bits per heavy atom. The van der Waals surface area contributed by atoms with Gasteiger partial charge in [-0.1, -0.05) is 0 Å². The van der Waals surface area contributed by atoms with Crippen molar-refractivity contribution in [2.45, 2.75) is 38.0 Å². The smallest absolute Gasteiger partial charge is 0.400 e. The minimum Gasteiger partial charge on any atom is -0.432 e. The van der Waals surface area contributed by atoms with E-state index < -0.39 is 41.4 Å². The molecule has 1 aliphatic rings. The van der Waals surface area contributed by atoms with Crippen LogP contribution in [0, 0.1) is 23.4 Å². The second-order valence-electron chi connectivity index (χ2n) is 4.81. The van der Waals surface area contributed by atoms with Crippen molar-refractivity contribution in [3.8, 4) is 5.75 Å². The fraction of sp³-hybridized carbons (Fsp3) is 0.538. The van der Waals surface area contributed by atoms with E-state index in [1.54, 1.807) is 0 Å². The minimum atomic E-state index is -3.68. The SMILES string of the molecule is Fc1cc(OC(F)(F)C2CCC(F)CC2)cc(F)c1F. The molecule has 0 N–H and O–H groups in total. The number of hydrogen-bond acceptors (Lipinski definition) is 1. The van der Waals surface area contributed by atoms with Crippen molar-refractivity contribution in [2.75, 3.05) is 0 Å². The average molecular weight is 298 g/mol. The molecule has 0 aromatic heterocycles. The molecule has 2 rings (SSSR count). The van der Waals surface area contributed by atoms with Gasteiger partial charge in [0.05, 0.1) is 5.92 Å². The maximum atomic E-state index is 13.8. The van der Waals surface area contributed by atoms with Gasteiger partial charge >= 0.3 is 6.11 Å². The Balaban J connectivity index is 2.11. The molecule has 0 saturated heterocycles. The minimum absolute atomic E-state index is 0.00421. The summed E-state index contributed by atoms with van der Waals surface area (Å²) in [5.41, 5.74) is 0. The van der Waals surface area contributed by atoms with Crippen LogP contribution in [0.15, 0.2) is 12.1 Å². The highest BCUT2D eigenvalue weighted by molar-refractivity contribution is 5.25. The van der Waals surface area contributed by atoms with Crippen molar-refractivity contribution in [3.05, 3.63) is 29.6 Å². The lowest BCUT2D eigenvalue weighted by Crippen LogP contribution is -2.37. The van der Waals surface area contributed by atoms with E-state index in [4.69, 9.17) is 0 Å². The third-order valence-corrected chi connectivity index (χ3v) is 3.34. The van der Waals surface area contributed by atoms with Crippen molar-refractivity contribution in [2.24, 2.45) is 5.92 Å². The van der Waals surface area contributed by atoms with Gasteiger partial charge in [0.25, 0.3) is 0 Å². The molecular weight excluding hydrogens is 286 g/mol. The topological polar surface area (TPSA) is 9.23 Å². The molecular formula is C13H12F6O. The predicted octanol–water partition coefficient (Wildman–Crippen LogP) is 4.60. The van der Waals surface area contributed by atoms with Crippen LogP contribution in [0.25, 0.3) is 0 Å². The molecule has 1 aromatic rings. The van der Waals surface area contributed by atoms with Gasteiger partial charge in [0, 0.05) is 12.1 Å². The van der Waals surface area contributed by atoms with Crippen LogP contribution in [-0.4, -0.2) is 12.3 Å². The summed E-state index contributed by atoms with van der Waals surface area (Å²) in [7, 11) is 0. The average Bonchev–Trinajstić information content (AvgIpc) is 2.36. The summed E-state index contributed by atoms with van der Waals surface area (Å²) in [6.45, 7) is 0. The maximum absolute atomic E-state index is 13.8. The first-order valence-electron chi connectivity index (χ1n) is 6.15. The monoisotopic (exact) mass is 298 g/mol. The van der Waals surface area contributed by atoms with Crippen LogP contribution in [0.4, 0.5) is 26.3 Å². The van der Waals surface area contributed by atoms with Gasteiger partial charge < -0.3 is 4.74 Å². The van der Waals surface area contributed by atoms with Crippen LogP contribution in [-0.2, 0) is 0 Å². The van der Waals surface area contributed by atoms with E-state index in [2.05, 4.69) is 4.74 Å². The zero-order chi connectivity index (χ0) is 14.9. The van der Waals surface area contributed by atoms with E-state index in [0.717, 1.165) is 0 Å². The number of rotatable bonds is 3. The van der Waals surface area contributed by atoms with Gasteiger partial charge in [-0.3, -0.25) is 0 Å². The second-order valence-corrected chi connectivity index (χ2v) is 4.81. The number of hydrogen-bond donors (Lipinski definition) is 0. The lowest BCUT2D eigenvalue weighted by Gasteiger charge is -2.30. The van der Waals surface area contributed by atoms with Crippen molar-refractivity contribution in [1.82, 2.24) is 0 Å². The van der Waals surface area contributed by atoms with Crippen LogP contribution < -0.4 is 4.74 Å². The van der Waals surface area contributed by atoms with Gasteiger partial charge in [0.15, 0.2) is 17.5 Å². The van der Waals surface area contributed by atoms with Crippen LogP contribution in [0.1, 0.15) is 25.7 Å². The fourth-order valence-corrected chi connectivity index (χ4v) is 2.22. The molecule has 1 fully saturated rings. The molecule has 7 heteroatoms. The van der Waals surface area contributed by atoms with Gasteiger partial charge in [0.2, 0.25) is 0 Å².